The summed E-state index contributed by atoms with van der Waals surface area (Å²) in [5.74, 6) is 0.227. The van der Waals surface area contributed by atoms with E-state index in [9.17, 15) is 5.11 Å². The van der Waals surface area contributed by atoms with Crippen molar-refractivity contribution in [3.63, 3.8) is 0 Å². The van der Waals surface area contributed by atoms with E-state index in [1.165, 1.54) is 16.7 Å². The molecule has 0 atom stereocenters. The number of halogens is 1. The minimum Gasteiger partial charge on any atom is -0.507 e. The Labute approximate surface area is 193 Å². The van der Waals surface area contributed by atoms with E-state index in [0.29, 0.717) is 5.02 Å². The number of para-hydroxylation sites is 1. The Balaban J connectivity index is 1.90. The zero-order valence-corrected chi connectivity index (χ0v) is 20.4. The summed E-state index contributed by atoms with van der Waals surface area (Å²) in [4.78, 5) is 4.72. The van der Waals surface area contributed by atoms with Gasteiger partial charge in [-0.2, -0.15) is 0 Å². The molecule has 0 saturated carbocycles. The van der Waals surface area contributed by atoms with E-state index in [1.54, 1.807) is 17.4 Å². The number of aromatic nitrogens is 1. The standard InChI is InChI=1S/C27H28ClNOS/c1-26(2,3)18-11-16(12-19(15-18)27(4,5)6)17-13-21(28)24-23(14-17)31-25(29-24)20-9-7-8-10-22(20)30/h7-15,30H,1-6H3. The van der Waals surface area contributed by atoms with Crippen LogP contribution in [-0.4, -0.2) is 10.1 Å². The fraction of sp³-hybridized carbons (Fsp3) is 0.296. The van der Waals surface area contributed by atoms with Gasteiger partial charge in [0, 0.05) is 0 Å². The SMILES string of the molecule is CC(C)(C)c1cc(-c2cc(Cl)c3nc(-c4ccccc4O)sc3c2)cc(C(C)(C)C)c1. The number of thiazole rings is 1. The van der Waals surface area contributed by atoms with E-state index in [0.717, 1.165) is 26.4 Å². The van der Waals surface area contributed by atoms with Crippen LogP contribution in [-0.2, 0) is 10.8 Å². The second kappa shape index (κ2) is 7.65. The molecular weight excluding hydrogens is 422 g/mol. The summed E-state index contributed by atoms with van der Waals surface area (Å²) in [5.41, 5.74) is 6.47. The van der Waals surface area contributed by atoms with Gasteiger partial charge in [-0.3, -0.25) is 0 Å². The van der Waals surface area contributed by atoms with Gasteiger partial charge in [-0.15, -0.1) is 11.3 Å². The molecule has 4 rings (SSSR count). The monoisotopic (exact) mass is 449 g/mol. The summed E-state index contributed by atoms with van der Waals surface area (Å²) in [6.45, 7) is 13.5. The van der Waals surface area contributed by atoms with Crippen molar-refractivity contribution >= 4 is 33.2 Å². The molecule has 1 aromatic heterocycles. The average molecular weight is 450 g/mol. The van der Waals surface area contributed by atoms with Gasteiger partial charge in [-0.05, 0) is 57.3 Å². The molecule has 0 aliphatic rings. The van der Waals surface area contributed by atoms with Crippen LogP contribution in [0.2, 0.25) is 5.02 Å². The Morgan fingerprint density at radius 3 is 1.97 bits per heavy atom. The molecule has 4 aromatic rings. The third-order valence-electron chi connectivity index (χ3n) is 5.58. The smallest absolute Gasteiger partial charge is 0.128 e. The highest BCUT2D eigenvalue weighted by Gasteiger charge is 2.21. The fourth-order valence-corrected chi connectivity index (χ4v) is 4.97. The molecule has 31 heavy (non-hydrogen) atoms. The van der Waals surface area contributed by atoms with Crippen molar-refractivity contribution in [2.75, 3.05) is 0 Å². The molecule has 0 unspecified atom stereocenters. The quantitative estimate of drug-likeness (QED) is 0.332. The maximum atomic E-state index is 10.2. The number of benzene rings is 3. The van der Waals surface area contributed by atoms with E-state index in [2.05, 4.69) is 65.8 Å². The molecule has 0 aliphatic carbocycles. The number of phenols is 1. The van der Waals surface area contributed by atoms with Crippen LogP contribution in [0.1, 0.15) is 52.7 Å². The molecule has 0 fully saturated rings. The molecular formula is C27H28ClNOS. The van der Waals surface area contributed by atoms with Crippen molar-refractivity contribution in [3.8, 4) is 27.4 Å². The van der Waals surface area contributed by atoms with Gasteiger partial charge < -0.3 is 5.11 Å². The highest BCUT2D eigenvalue weighted by Crippen LogP contribution is 2.41. The van der Waals surface area contributed by atoms with Gasteiger partial charge in [-0.1, -0.05) is 83.5 Å². The van der Waals surface area contributed by atoms with Crippen molar-refractivity contribution in [2.45, 2.75) is 52.4 Å². The Hall–Kier alpha value is -2.36. The summed E-state index contributed by atoms with van der Waals surface area (Å²) < 4.78 is 1.01. The molecule has 0 bridgehead atoms. The fourth-order valence-electron chi connectivity index (χ4n) is 3.59. The van der Waals surface area contributed by atoms with Crippen LogP contribution in [0.25, 0.3) is 31.9 Å². The van der Waals surface area contributed by atoms with Gasteiger partial charge in [0.15, 0.2) is 0 Å². The van der Waals surface area contributed by atoms with Crippen LogP contribution >= 0.6 is 22.9 Å². The number of hydrogen-bond donors (Lipinski definition) is 1. The molecule has 3 aromatic carbocycles. The number of hydrogen-bond acceptors (Lipinski definition) is 3. The van der Waals surface area contributed by atoms with E-state index in [4.69, 9.17) is 16.6 Å². The molecule has 0 aliphatic heterocycles. The van der Waals surface area contributed by atoms with Crippen molar-refractivity contribution in [1.29, 1.82) is 0 Å². The van der Waals surface area contributed by atoms with Gasteiger partial charge >= 0.3 is 0 Å². The normalized spacial score (nSPS) is 12.5. The highest BCUT2D eigenvalue weighted by atomic mass is 35.5. The first-order chi connectivity index (χ1) is 14.4. The van der Waals surface area contributed by atoms with Gasteiger partial charge in [0.25, 0.3) is 0 Å². The van der Waals surface area contributed by atoms with Gasteiger partial charge in [-0.25, -0.2) is 4.98 Å². The first-order valence-corrected chi connectivity index (χ1v) is 11.7. The zero-order chi connectivity index (χ0) is 22.6. The van der Waals surface area contributed by atoms with Crippen molar-refractivity contribution in [1.82, 2.24) is 4.98 Å². The van der Waals surface area contributed by atoms with E-state index in [1.807, 2.05) is 24.3 Å². The molecule has 2 nitrogen and oxygen atoms in total. The molecule has 0 radical (unpaired) electrons. The minimum absolute atomic E-state index is 0.0480. The second-order valence-electron chi connectivity index (χ2n) is 10.1. The lowest BCUT2D eigenvalue weighted by Crippen LogP contribution is -2.16. The number of rotatable bonds is 2. The van der Waals surface area contributed by atoms with Crippen LogP contribution in [0.3, 0.4) is 0 Å². The first kappa shape index (κ1) is 21.9. The predicted molar refractivity (Wildman–Crippen MR) is 135 cm³/mol. The molecule has 0 amide bonds. The third kappa shape index (κ3) is 4.35. The zero-order valence-electron chi connectivity index (χ0n) is 18.9. The predicted octanol–water partition coefficient (Wildman–Crippen LogP) is 8.58. The van der Waals surface area contributed by atoms with Crippen LogP contribution in [0, 0.1) is 0 Å². The summed E-state index contributed by atoms with van der Waals surface area (Å²) >= 11 is 8.25. The molecule has 1 N–H and O–H groups in total. The van der Waals surface area contributed by atoms with Crippen molar-refractivity contribution in [2.24, 2.45) is 0 Å². The Bertz CT molecular complexity index is 1240. The lowest BCUT2D eigenvalue weighted by molar-refractivity contribution is 0.477. The summed E-state index contributed by atoms with van der Waals surface area (Å²) in [6, 6.07) is 18.3. The van der Waals surface area contributed by atoms with Crippen molar-refractivity contribution in [3.05, 3.63) is 70.7 Å². The van der Waals surface area contributed by atoms with Crippen LogP contribution in [0.5, 0.6) is 5.75 Å². The minimum atomic E-state index is 0.0480. The molecule has 0 spiro atoms. The first-order valence-electron chi connectivity index (χ1n) is 10.5. The van der Waals surface area contributed by atoms with Gasteiger partial charge in [0.2, 0.25) is 0 Å². The van der Waals surface area contributed by atoms with Gasteiger partial charge in [0.1, 0.15) is 16.3 Å². The molecule has 1 heterocycles. The molecule has 4 heteroatoms. The highest BCUT2D eigenvalue weighted by molar-refractivity contribution is 7.21. The Morgan fingerprint density at radius 1 is 0.806 bits per heavy atom. The van der Waals surface area contributed by atoms with Gasteiger partial charge in [0.05, 0.1) is 15.3 Å². The average Bonchev–Trinajstić information content (AvgIpc) is 3.11. The second-order valence-corrected chi connectivity index (χ2v) is 11.6. The number of fused-ring (bicyclic) bond motifs is 1. The van der Waals surface area contributed by atoms with Crippen LogP contribution < -0.4 is 0 Å². The largest absolute Gasteiger partial charge is 0.507 e. The molecule has 0 saturated heterocycles. The summed E-state index contributed by atoms with van der Waals surface area (Å²) in [7, 11) is 0. The van der Waals surface area contributed by atoms with E-state index >= 15 is 0 Å². The Kier molecular flexibility index (Phi) is 5.39. The van der Waals surface area contributed by atoms with E-state index in [-0.39, 0.29) is 16.6 Å². The third-order valence-corrected chi connectivity index (χ3v) is 6.91. The topological polar surface area (TPSA) is 33.1 Å². The number of aromatic hydroxyl groups is 1. The molecule has 160 valence electrons. The lowest BCUT2D eigenvalue weighted by atomic mass is 9.79. The maximum Gasteiger partial charge on any atom is 0.128 e. The maximum absolute atomic E-state index is 10.2. The number of nitrogens with zero attached hydrogens (tertiary/aromatic N) is 1. The summed E-state index contributed by atoms with van der Waals surface area (Å²) in [6.07, 6.45) is 0. The van der Waals surface area contributed by atoms with Crippen molar-refractivity contribution < 1.29 is 5.11 Å². The summed E-state index contributed by atoms with van der Waals surface area (Å²) in [5, 5.41) is 11.6. The number of phenolic OH excluding ortho intramolecular Hbond substituents is 1. The lowest BCUT2D eigenvalue weighted by Gasteiger charge is -2.26. The van der Waals surface area contributed by atoms with Crippen LogP contribution in [0.15, 0.2) is 54.6 Å². The van der Waals surface area contributed by atoms with Crippen LogP contribution in [0.4, 0.5) is 0 Å². The Morgan fingerprint density at radius 2 is 1.39 bits per heavy atom. The van der Waals surface area contributed by atoms with E-state index < -0.39 is 0 Å².